The van der Waals surface area contributed by atoms with Crippen molar-refractivity contribution in [2.75, 3.05) is 13.6 Å². The average Bonchev–Trinajstić information content (AvgIpc) is 3.00. The van der Waals surface area contributed by atoms with Crippen molar-refractivity contribution >= 4 is 17.3 Å². The SMILES string of the molecule is CCc1ccc(C(C)(C)CNC(=NC)NCc2cnc(C)s2)cc1. The average molecular weight is 345 g/mol. The molecule has 1 aromatic carbocycles. The van der Waals surface area contributed by atoms with E-state index in [0.717, 1.165) is 30.5 Å². The zero-order chi connectivity index (χ0) is 17.6. The molecule has 1 heterocycles. The predicted molar refractivity (Wildman–Crippen MR) is 104 cm³/mol. The number of aromatic nitrogens is 1. The molecule has 0 saturated heterocycles. The number of guanidine groups is 1. The Morgan fingerprint density at radius 2 is 1.92 bits per heavy atom. The number of aryl methyl sites for hydroxylation is 2. The maximum atomic E-state index is 4.31. The maximum absolute atomic E-state index is 4.31. The van der Waals surface area contributed by atoms with E-state index in [4.69, 9.17) is 0 Å². The molecular weight excluding hydrogens is 316 g/mol. The van der Waals surface area contributed by atoms with Crippen LogP contribution in [0.4, 0.5) is 0 Å². The van der Waals surface area contributed by atoms with Gasteiger partial charge in [-0.1, -0.05) is 45.0 Å². The third-order valence-corrected chi connectivity index (χ3v) is 5.08. The van der Waals surface area contributed by atoms with Gasteiger partial charge in [0.05, 0.1) is 11.6 Å². The second-order valence-corrected chi connectivity index (χ2v) is 7.88. The fourth-order valence-corrected chi connectivity index (χ4v) is 3.21. The van der Waals surface area contributed by atoms with E-state index in [1.54, 1.807) is 18.4 Å². The second-order valence-electron chi connectivity index (χ2n) is 6.56. The lowest BCUT2D eigenvalue weighted by Gasteiger charge is -2.27. The molecule has 0 radical (unpaired) electrons. The van der Waals surface area contributed by atoms with Crippen LogP contribution < -0.4 is 10.6 Å². The second kappa shape index (κ2) is 8.29. The Labute approximate surface area is 149 Å². The summed E-state index contributed by atoms with van der Waals surface area (Å²) >= 11 is 1.71. The van der Waals surface area contributed by atoms with Crippen molar-refractivity contribution < 1.29 is 0 Å². The molecule has 0 aliphatic heterocycles. The summed E-state index contributed by atoms with van der Waals surface area (Å²) in [6.07, 6.45) is 2.99. The van der Waals surface area contributed by atoms with Crippen molar-refractivity contribution in [3.05, 3.63) is 51.5 Å². The van der Waals surface area contributed by atoms with Crippen LogP contribution in [0.25, 0.3) is 0 Å². The molecule has 2 N–H and O–H groups in total. The first-order valence-electron chi connectivity index (χ1n) is 8.40. The van der Waals surface area contributed by atoms with E-state index in [0.29, 0.717) is 0 Å². The summed E-state index contributed by atoms with van der Waals surface area (Å²) in [5.74, 6) is 0.819. The number of nitrogens with one attached hydrogen (secondary N) is 2. The molecule has 0 aliphatic rings. The summed E-state index contributed by atoms with van der Waals surface area (Å²) in [4.78, 5) is 9.80. The van der Waals surface area contributed by atoms with E-state index in [1.807, 2.05) is 13.1 Å². The van der Waals surface area contributed by atoms with E-state index in [2.05, 4.69) is 65.6 Å². The van der Waals surface area contributed by atoms with E-state index in [1.165, 1.54) is 16.0 Å². The van der Waals surface area contributed by atoms with Crippen LogP contribution in [0.2, 0.25) is 0 Å². The summed E-state index contributed by atoms with van der Waals surface area (Å²) in [5.41, 5.74) is 2.74. The lowest BCUT2D eigenvalue weighted by atomic mass is 9.84. The number of hydrogen-bond donors (Lipinski definition) is 2. The molecule has 0 atom stereocenters. The topological polar surface area (TPSA) is 49.3 Å². The summed E-state index contributed by atoms with van der Waals surface area (Å²) in [5, 5.41) is 7.88. The van der Waals surface area contributed by atoms with Crippen molar-refractivity contribution in [1.29, 1.82) is 0 Å². The zero-order valence-electron chi connectivity index (χ0n) is 15.3. The van der Waals surface area contributed by atoms with Crippen LogP contribution in [-0.2, 0) is 18.4 Å². The van der Waals surface area contributed by atoms with Crippen LogP contribution in [0.5, 0.6) is 0 Å². The predicted octanol–water partition coefficient (Wildman–Crippen LogP) is 3.66. The molecule has 2 rings (SSSR count). The van der Waals surface area contributed by atoms with Crippen molar-refractivity contribution in [3.63, 3.8) is 0 Å². The van der Waals surface area contributed by atoms with Crippen molar-refractivity contribution in [1.82, 2.24) is 15.6 Å². The highest BCUT2D eigenvalue weighted by Crippen LogP contribution is 2.22. The van der Waals surface area contributed by atoms with Gasteiger partial charge in [-0.2, -0.15) is 0 Å². The highest BCUT2D eigenvalue weighted by Gasteiger charge is 2.20. The first-order chi connectivity index (χ1) is 11.4. The zero-order valence-corrected chi connectivity index (χ0v) is 16.1. The fourth-order valence-electron chi connectivity index (χ4n) is 2.48. The molecule has 130 valence electrons. The summed E-state index contributed by atoms with van der Waals surface area (Å²) in [7, 11) is 1.80. The molecule has 5 heteroatoms. The van der Waals surface area contributed by atoms with Crippen LogP contribution in [0.3, 0.4) is 0 Å². The van der Waals surface area contributed by atoms with Gasteiger partial charge >= 0.3 is 0 Å². The number of aliphatic imine (C=N–C) groups is 1. The summed E-state index contributed by atoms with van der Waals surface area (Å²) in [6.45, 7) is 10.3. The summed E-state index contributed by atoms with van der Waals surface area (Å²) in [6, 6.07) is 8.90. The number of thiazole rings is 1. The molecule has 4 nitrogen and oxygen atoms in total. The maximum Gasteiger partial charge on any atom is 0.191 e. The summed E-state index contributed by atoms with van der Waals surface area (Å²) < 4.78 is 0. The first kappa shape index (κ1) is 18.5. The van der Waals surface area contributed by atoms with Gasteiger partial charge < -0.3 is 10.6 Å². The van der Waals surface area contributed by atoms with E-state index < -0.39 is 0 Å². The van der Waals surface area contributed by atoms with Crippen molar-refractivity contribution in [2.45, 2.75) is 46.1 Å². The van der Waals surface area contributed by atoms with Crippen molar-refractivity contribution in [3.8, 4) is 0 Å². The molecule has 24 heavy (non-hydrogen) atoms. The smallest absolute Gasteiger partial charge is 0.191 e. The lowest BCUT2D eigenvalue weighted by Crippen LogP contribution is -2.43. The van der Waals surface area contributed by atoms with Gasteiger partial charge in [0, 0.05) is 30.1 Å². The Morgan fingerprint density at radius 1 is 1.21 bits per heavy atom. The minimum Gasteiger partial charge on any atom is -0.356 e. The third-order valence-electron chi connectivity index (χ3n) is 4.16. The van der Waals surface area contributed by atoms with Crippen LogP contribution in [0, 0.1) is 6.92 Å². The fraction of sp³-hybridized carbons (Fsp3) is 0.474. The molecule has 2 aromatic rings. The van der Waals surface area contributed by atoms with Gasteiger partial charge in [-0.05, 0) is 24.5 Å². The Balaban J connectivity index is 1.90. The number of rotatable bonds is 6. The van der Waals surface area contributed by atoms with Crippen molar-refractivity contribution in [2.24, 2.45) is 4.99 Å². The van der Waals surface area contributed by atoms with Crippen LogP contribution in [-0.4, -0.2) is 24.5 Å². The minimum absolute atomic E-state index is 0.0327. The Bertz CT molecular complexity index is 671. The molecule has 1 aromatic heterocycles. The number of hydrogen-bond acceptors (Lipinski definition) is 3. The van der Waals surface area contributed by atoms with Gasteiger partial charge in [-0.3, -0.25) is 4.99 Å². The monoisotopic (exact) mass is 344 g/mol. The van der Waals surface area contributed by atoms with Crippen LogP contribution >= 0.6 is 11.3 Å². The highest BCUT2D eigenvalue weighted by molar-refractivity contribution is 7.11. The van der Waals surface area contributed by atoms with E-state index in [-0.39, 0.29) is 5.41 Å². The van der Waals surface area contributed by atoms with Gasteiger partial charge in [0.1, 0.15) is 0 Å². The van der Waals surface area contributed by atoms with E-state index >= 15 is 0 Å². The van der Waals surface area contributed by atoms with Gasteiger partial charge in [0.2, 0.25) is 0 Å². The van der Waals surface area contributed by atoms with E-state index in [9.17, 15) is 0 Å². The molecule has 0 saturated carbocycles. The Hall–Kier alpha value is -1.88. The lowest BCUT2D eigenvalue weighted by molar-refractivity contribution is 0.508. The molecule has 0 amide bonds. The highest BCUT2D eigenvalue weighted by atomic mass is 32.1. The normalized spacial score (nSPS) is 12.3. The molecule has 0 unspecified atom stereocenters. The van der Waals surface area contributed by atoms with Gasteiger partial charge in [0.15, 0.2) is 5.96 Å². The quantitative estimate of drug-likeness (QED) is 0.621. The molecule has 0 aliphatic carbocycles. The number of benzene rings is 1. The van der Waals surface area contributed by atoms with Gasteiger partial charge in [0.25, 0.3) is 0 Å². The molecule has 0 spiro atoms. The Kier molecular flexibility index (Phi) is 6.37. The van der Waals surface area contributed by atoms with Gasteiger partial charge in [-0.25, -0.2) is 4.98 Å². The van der Waals surface area contributed by atoms with Gasteiger partial charge in [-0.15, -0.1) is 11.3 Å². The first-order valence-corrected chi connectivity index (χ1v) is 9.21. The third kappa shape index (κ3) is 5.06. The Morgan fingerprint density at radius 3 is 2.46 bits per heavy atom. The molecular formula is C19H28N4S. The molecule has 0 fully saturated rings. The van der Waals surface area contributed by atoms with Crippen LogP contribution in [0.1, 0.15) is 41.8 Å². The van der Waals surface area contributed by atoms with Crippen LogP contribution in [0.15, 0.2) is 35.5 Å². The molecule has 0 bridgehead atoms. The standard InChI is InChI=1S/C19H28N4S/c1-6-15-7-9-16(10-8-15)19(3,4)13-23-18(20-5)22-12-17-11-21-14(2)24-17/h7-11H,6,12-13H2,1-5H3,(H2,20,22,23). The number of nitrogens with zero attached hydrogens (tertiary/aromatic N) is 2. The minimum atomic E-state index is 0.0327. The largest absolute Gasteiger partial charge is 0.356 e.